The molecule has 24 heavy (non-hydrogen) atoms. The number of aromatic nitrogens is 2. The van der Waals surface area contributed by atoms with Crippen molar-refractivity contribution in [3.8, 4) is 11.1 Å². The number of hydrogen-bond acceptors (Lipinski definition) is 3. The molecule has 3 rings (SSSR count). The molecule has 1 unspecified atom stereocenters. The van der Waals surface area contributed by atoms with E-state index in [0.717, 1.165) is 22.5 Å². The molecule has 0 amide bonds. The van der Waals surface area contributed by atoms with Crippen LogP contribution in [0, 0.1) is 13.8 Å². The van der Waals surface area contributed by atoms with Gasteiger partial charge in [0.2, 0.25) is 0 Å². The molecule has 5 nitrogen and oxygen atoms in total. The third-order valence-electron chi connectivity index (χ3n) is 5.01. The summed E-state index contributed by atoms with van der Waals surface area (Å²) in [4.78, 5) is 13.5. The summed E-state index contributed by atoms with van der Waals surface area (Å²) in [7, 11) is 0. The average Bonchev–Trinajstić information content (AvgIpc) is 3.16. The van der Waals surface area contributed by atoms with E-state index in [9.17, 15) is 4.79 Å². The number of carbonyl (C=O) groups is 1. The van der Waals surface area contributed by atoms with Gasteiger partial charge in [0.05, 0.1) is 5.69 Å². The van der Waals surface area contributed by atoms with Gasteiger partial charge in [0, 0.05) is 17.3 Å². The highest BCUT2D eigenvalue weighted by molar-refractivity contribution is 5.71. The van der Waals surface area contributed by atoms with Gasteiger partial charge in [0.15, 0.2) is 0 Å². The van der Waals surface area contributed by atoms with E-state index in [1.54, 1.807) is 4.68 Å². The Bertz CT molecular complexity index is 745. The van der Waals surface area contributed by atoms with Crippen LogP contribution in [-0.2, 0) is 11.3 Å². The van der Waals surface area contributed by atoms with Crippen molar-refractivity contribution in [3.05, 3.63) is 41.2 Å². The van der Waals surface area contributed by atoms with Crippen LogP contribution < -0.4 is 0 Å². The Morgan fingerprint density at radius 2 is 2.00 bits per heavy atom. The minimum atomic E-state index is -0.872. The molecular weight excluding hydrogens is 302 g/mol. The predicted molar refractivity (Wildman–Crippen MR) is 94.0 cm³/mol. The fourth-order valence-electron chi connectivity index (χ4n) is 3.69. The van der Waals surface area contributed by atoms with Crippen LogP contribution in [0.1, 0.15) is 42.8 Å². The number of aryl methyl sites for hydroxylation is 1. The molecule has 1 fully saturated rings. The normalized spacial score (nSPS) is 16.5. The van der Waals surface area contributed by atoms with Crippen molar-refractivity contribution in [2.75, 3.05) is 13.1 Å². The summed E-state index contributed by atoms with van der Waals surface area (Å²) in [5.41, 5.74) is 5.25. The summed E-state index contributed by atoms with van der Waals surface area (Å²) in [5.74, 6) is -0.872. The van der Waals surface area contributed by atoms with Gasteiger partial charge in [0.1, 0.15) is 6.54 Å². The molecule has 1 aliphatic heterocycles. The molecule has 1 aromatic carbocycles. The number of benzene rings is 1. The highest BCUT2D eigenvalue weighted by atomic mass is 16.4. The van der Waals surface area contributed by atoms with Crippen molar-refractivity contribution in [2.24, 2.45) is 0 Å². The van der Waals surface area contributed by atoms with Crippen LogP contribution >= 0.6 is 0 Å². The summed E-state index contributed by atoms with van der Waals surface area (Å²) in [6, 6.07) is 8.99. The minimum absolute atomic E-state index is 0.101. The molecule has 0 spiro atoms. The second-order valence-electron chi connectivity index (χ2n) is 6.64. The molecule has 128 valence electrons. The van der Waals surface area contributed by atoms with Crippen molar-refractivity contribution in [3.63, 3.8) is 0 Å². The van der Waals surface area contributed by atoms with Gasteiger partial charge in [-0.25, -0.2) is 0 Å². The lowest BCUT2D eigenvalue weighted by Crippen LogP contribution is -2.23. The molecule has 1 N–H and O–H groups in total. The molecule has 1 aliphatic rings. The summed E-state index contributed by atoms with van der Waals surface area (Å²) < 4.78 is 1.57. The SMILES string of the molecule is Cc1nn(CC(=O)O)c(C)c1-c1cccc(C(C)N2CCCC2)c1. The first-order valence-corrected chi connectivity index (χ1v) is 8.57. The highest BCUT2D eigenvalue weighted by Gasteiger charge is 2.21. The van der Waals surface area contributed by atoms with E-state index in [-0.39, 0.29) is 6.54 Å². The monoisotopic (exact) mass is 327 g/mol. The number of carboxylic acid groups (broad SMARTS) is 1. The lowest BCUT2D eigenvalue weighted by Gasteiger charge is -2.24. The molecule has 2 aromatic rings. The number of nitrogens with zero attached hydrogens (tertiary/aromatic N) is 3. The van der Waals surface area contributed by atoms with Crippen LogP contribution in [0.3, 0.4) is 0 Å². The molecule has 0 saturated carbocycles. The number of aliphatic carboxylic acids is 1. The first kappa shape index (κ1) is 16.7. The Hall–Kier alpha value is -2.14. The smallest absolute Gasteiger partial charge is 0.325 e. The first-order chi connectivity index (χ1) is 11.5. The van der Waals surface area contributed by atoms with Gasteiger partial charge >= 0.3 is 5.97 Å². The molecule has 2 heterocycles. The molecule has 0 bridgehead atoms. The summed E-state index contributed by atoms with van der Waals surface area (Å²) in [5, 5.41) is 13.4. The standard InChI is InChI=1S/C19H25N3O2/c1-13-19(15(3)22(20-13)12-18(23)24)17-8-6-7-16(11-17)14(2)21-9-4-5-10-21/h6-8,11,14H,4-5,9-10,12H2,1-3H3,(H,23,24). The molecule has 1 atom stereocenters. The van der Waals surface area contributed by atoms with Crippen molar-refractivity contribution < 1.29 is 9.90 Å². The molecular formula is C19H25N3O2. The molecule has 0 aliphatic carbocycles. The van der Waals surface area contributed by atoms with Gasteiger partial charge in [-0.1, -0.05) is 18.2 Å². The Morgan fingerprint density at radius 3 is 2.67 bits per heavy atom. The van der Waals surface area contributed by atoms with Crippen LogP contribution in [0.15, 0.2) is 24.3 Å². The van der Waals surface area contributed by atoms with Crippen molar-refractivity contribution in [1.29, 1.82) is 0 Å². The fraction of sp³-hybridized carbons (Fsp3) is 0.474. The maximum Gasteiger partial charge on any atom is 0.325 e. The molecule has 1 saturated heterocycles. The quantitative estimate of drug-likeness (QED) is 0.914. The minimum Gasteiger partial charge on any atom is -0.480 e. The van der Waals surface area contributed by atoms with Crippen molar-refractivity contribution >= 4 is 5.97 Å². The zero-order valence-corrected chi connectivity index (χ0v) is 14.6. The number of rotatable bonds is 5. The lowest BCUT2D eigenvalue weighted by atomic mass is 9.98. The van der Waals surface area contributed by atoms with Crippen molar-refractivity contribution in [2.45, 2.75) is 46.2 Å². The summed E-state index contributed by atoms with van der Waals surface area (Å²) in [6.07, 6.45) is 2.56. The second kappa shape index (κ2) is 6.77. The number of likely N-dealkylation sites (tertiary alicyclic amines) is 1. The van der Waals surface area contributed by atoms with Crippen LogP contribution in [0.2, 0.25) is 0 Å². The zero-order chi connectivity index (χ0) is 17.3. The van der Waals surface area contributed by atoms with Gasteiger partial charge in [-0.2, -0.15) is 5.10 Å². The van der Waals surface area contributed by atoms with Crippen LogP contribution in [0.25, 0.3) is 11.1 Å². The Balaban J connectivity index is 1.94. The Kier molecular flexibility index (Phi) is 4.71. The first-order valence-electron chi connectivity index (χ1n) is 8.57. The van der Waals surface area contributed by atoms with Gasteiger partial charge in [-0.15, -0.1) is 0 Å². The van der Waals surface area contributed by atoms with Crippen LogP contribution in [-0.4, -0.2) is 38.8 Å². The van der Waals surface area contributed by atoms with E-state index in [2.05, 4.69) is 41.2 Å². The molecule has 0 radical (unpaired) electrons. The van der Waals surface area contributed by atoms with Gasteiger partial charge in [-0.05, 0) is 63.9 Å². The second-order valence-corrected chi connectivity index (χ2v) is 6.64. The van der Waals surface area contributed by atoms with Gasteiger partial charge in [-0.3, -0.25) is 14.4 Å². The van der Waals surface area contributed by atoms with Crippen LogP contribution in [0.4, 0.5) is 0 Å². The van der Waals surface area contributed by atoms with Crippen molar-refractivity contribution in [1.82, 2.24) is 14.7 Å². The lowest BCUT2D eigenvalue weighted by molar-refractivity contribution is -0.137. The Morgan fingerprint density at radius 1 is 1.29 bits per heavy atom. The van der Waals surface area contributed by atoms with Crippen LogP contribution in [0.5, 0.6) is 0 Å². The van der Waals surface area contributed by atoms with E-state index in [1.807, 2.05) is 13.8 Å². The predicted octanol–water partition coefficient (Wildman–Crippen LogP) is 3.41. The fourth-order valence-corrected chi connectivity index (χ4v) is 3.69. The van der Waals surface area contributed by atoms with Gasteiger partial charge in [0.25, 0.3) is 0 Å². The van der Waals surface area contributed by atoms with E-state index in [1.165, 1.54) is 31.5 Å². The molecule has 5 heteroatoms. The maximum atomic E-state index is 11.0. The van der Waals surface area contributed by atoms with E-state index >= 15 is 0 Å². The molecule has 1 aromatic heterocycles. The summed E-state index contributed by atoms with van der Waals surface area (Å²) >= 11 is 0. The largest absolute Gasteiger partial charge is 0.480 e. The van der Waals surface area contributed by atoms with E-state index in [0.29, 0.717) is 6.04 Å². The highest BCUT2D eigenvalue weighted by Crippen LogP contribution is 2.31. The van der Waals surface area contributed by atoms with E-state index in [4.69, 9.17) is 5.11 Å². The van der Waals surface area contributed by atoms with E-state index < -0.39 is 5.97 Å². The average molecular weight is 327 g/mol. The Labute approximate surface area is 142 Å². The maximum absolute atomic E-state index is 11.0. The third-order valence-corrected chi connectivity index (χ3v) is 5.01. The zero-order valence-electron chi connectivity index (χ0n) is 14.6. The summed E-state index contributed by atoms with van der Waals surface area (Å²) in [6.45, 7) is 8.38. The topological polar surface area (TPSA) is 58.4 Å². The van der Waals surface area contributed by atoms with Gasteiger partial charge < -0.3 is 5.11 Å². The number of hydrogen-bond donors (Lipinski definition) is 1. The third kappa shape index (κ3) is 3.22. The number of carboxylic acids is 1.